The zero-order chi connectivity index (χ0) is 11.0. The fourth-order valence-corrected chi connectivity index (χ4v) is 2.84. The van der Waals surface area contributed by atoms with Crippen LogP contribution in [0.2, 0.25) is 5.02 Å². The quantitative estimate of drug-likeness (QED) is 0.846. The van der Waals surface area contributed by atoms with Crippen molar-refractivity contribution in [2.45, 2.75) is 25.4 Å². The van der Waals surface area contributed by atoms with Gasteiger partial charge in [0.05, 0.1) is 0 Å². The van der Waals surface area contributed by atoms with Crippen LogP contribution in [-0.2, 0) is 13.0 Å². The number of nitrogens with one attached hydrogen (secondary N) is 1. The summed E-state index contributed by atoms with van der Waals surface area (Å²) in [5.41, 5.74) is 2.72. The predicted octanol–water partition coefficient (Wildman–Crippen LogP) is 2.06. The van der Waals surface area contributed by atoms with E-state index in [9.17, 15) is 0 Å². The van der Waals surface area contributed by atoms with Crippen molar-refractivity contribution < 1.29 is 0 Å². The zero-order valence-electron chi connectivity index (χ0n) is 9.38. The number of halogens is 1. The molecule has 1 N–H and O–H groups in total. The maximum Gasteiger partial charge on any atom is 0.0453 e. The number of fused-ring (bicyclic) bond motifs is 1. The van der Waals surface area contributed by atoms with Crippen molar-refractivity contribution in [2.24, 2.45) is 0 Å². The molecule has 16 heavy (non-hydrogen) atoms. The number of rotatable bonds is 2. The Labute approximate surface area is 102 Å². The van der Waals surface area contributed by atoms with Crippen molar-refractivity contribution in [1.82, 2.24) is 10.2 Å². The molecule has 1 atom stereocenters. The largest absolute Gasteiger partial charge is 0.308 e. The highest BCUT2D eigenvalue weighted by Crippen LogP contribution is 2.25. The molecular formula is C13H17ClN2. The van der Waals surface area contributed by atoms with Gasteiger partial charge in [-0.2, -0.15) is 0 Å². The van der Waals surface area contributed by atoms with Crippen LogP contribution in [0.25, 0.3) is 0 Å². The van der Waals surface area contributed by atoms with E-state index in [0.29, 0.717) is 6.04 Å². The van der Waals surface area contributed by atoms with Gasteiger partial charge >= 0.3 is 0 Å². The third kappa shape index (κ3) is 1.97. The first-order valence-electron chi connectivity index (χ1n) is 6.05. The Morgan fingerprint density at radius 2 is 2.25 bits per heavy atom. The topological polar surface area (TPSA) is 15.3 Å². The molecule has 3 heteroatoms. The van der Waals surface area contributed by atoms with Crippen molar-refractivity contribution in [3.8, 4) is 0 Å². The van der Waals surface area contributed by atoms with Crippen LogP contribution in [0, 0.1) is 0 Å². The van der Waals surface area contributed by atoms with E-state index in [-0.39, 0.29) is 0 Å². The summed E-state index contributed by atoms with van der Waals surface area (Å²) in [6, 6.07) is 6.86. The first-order valence-corrected chi connectivity index (χ1v) is 6.43. The van der Waals surface area contributed by atoms with E-state index < -0.39 is 0 Å². The summed E-state index contributed by atoms with van der Waals surface area (Å²) in [6.45, 7) is 4.67. The normalized spacial score (nSPS) is 24.9. The van der Waals surface area contributed by atoms with Crippen LogP contribution < -0.4 is 5.32 Å². The highest BCUT2D eigenvalue weighted by Gasteiger charge is 2.23. The lowest BCUT2D eigenvalue weighted by Crippen LogP contribution is -2.49. The van der Waals surface area contributed by atoms with E-state index in [1.807, 2.05) is 6.07 Å². The molecule has 0 aliphatic carbocycles. The molecule has 1 saturated heterocycles. The Balaban J connectivity index is 1.70. The van der Waals surface area contributed by atoms with Crippen LogP contribution in [-0.4, -0.2) is 30.6 Å². The maximum absolute atomic E-state index is 6.18. The second kappa shape index (κ2) is 4.36. The monoisotopic (exact) mass is 236 g/mol. The minimum Gasteiger partial charge on any atom is -0.308 e. The lowest BCUT2D eigenvalue weighted by Gasteiger charge is -2.36. The van der Waals surface area contributed by atoms with Crippen LogP contribution >= 0.6 is 11.6 Å². The van der Waals surface area contributed by atoms with Gasteiger partial charge in [-0.15, -0.1) is 0 Å². The molecule has 86 valence electrons. The van der Waals surface area contributed by atoms with E-state index in [1.165, 1.54) is 37.2 Å². The summed E-state index contributed by atoms with van der Waals surface area (Å²) in [5.74, 6) is 0. The lowest BCUT2D eigenvalue weighted by molar-refractivity contribution is 0.158. The summed E-state index contributed by atoms with van der Waals surface area (Å²) < 4.78 is 0. The van der Waals surface area contributed by atoms with Gasteiger partial charge in [-0.05, 0) is 43.1 Å². The van der Waals surface area contributed by atoms with Crippen LogP contribution in [0.4, 0.5) is 0 Å². The van der Waals surface area contributed by atoms with Gasteiger partial charge in [-0.3, -0.25) is 0 Å². The molecule has 1 fully saturated rings. The number of hydrogen-bond acceptors (Lipinski definition) is 2. The second-order valence-electron chi connectivity index (χ2n) is 4.81. The summed E-state index contributed by atoms with van der Waals surface area (Å²) in [4.78, 5) is 2.52. The van der Waals surface area contributed by atoms with Crippen LogP contribution in [0.5, 0.6) is 0 Å². The summed E-state index contributed by atoms with van der Waals surface area (Å²) in [6.07, 6.45) is 2.49. The summed E-state index contributed by atoms with van der Waals surface area (Å²) in [5, 5.41) is 4.50. The molecule has 2 heterocycles. The highest BCUT2D eigenvalue weighted by molar-refractivity contribution is 6.31. The van der Waals surface area contributed by atoms with E-state index in [0.717, 1.165) is 18.0 Å². The van der Waals surface area contributed by atoms with Gasteiger partial charge in [-0.25, -0.2) is 0 Å². The fraction of sp³-hybridized carbons (Fsp3) is 0.538. The fourth-order valence-electron chi connectivity index (χ4n) is 2.58. The second-order valence-corrected chi connectivity index (χ2v) is 5.22. The maximum atomic E-state index is 6.18. The zero-order valence-corrected chi connectivity index (χ0v) is 10.1. The van der Waals surface area contributed by atoms with Gasteiger partial charge in [0.1, 0.15) is 0 Å². The predicted molar refractivity (Wildman–Crippen MR) is 66.8 cm³/mol. The minimum absolute atomic E-state index is 0.603. The molecule has 0 saturated carbocycles. The van der Waals surface area contributed by atoms with E-state index in [2.05, 4.69) is 22.3 Å². The average Bonchev–Trinajstić information content (AvgIpc) is 2.24. The van der Waals surface area contributed by atoms with Crippen LogP contribution in [0.15, 0.2) is 18.2 Å². The molecule has 3 rings (SSSR count). The average molecular weight is 237 g/mol. The summed E-state index contributed by atoms with van der Waals surface area (Å²) >= 11 is 6.18. The molecule has 0 aromatic heterocycles. The van der Waals surface area contributed by atoms with Gasteiger partial charge in [0.2, 0.25) is 0 Å². The van der Waals surface area contributed by atoms with Crippen molar-refractivity contribution in [3.63, 3.8) is 0 Å². The molecule has 1 aromatic rings. The van der Waals surface area contributed by atoms with E-state index in [4.69, 9.17) is 11.6 Å². The van der Waals surface area contributed by atoms with Crippen molar-refractivity contribution >= 4 is 11.6 Å². The van der Waals surface area contributed by atoms with Gasteiger partial charge in [0.25, 0.3) is 0 Å². The van der Waals surface area contributed by atoms with E-state index in [1.54, 1.807) is 0 Å². The molecule has 0 radical (unpaired) electrons. The molecule has 2 nitrogen and oxygen atoms in total. The SMILES string of the molecule is Clc1cccc2c1CNC(CN1CCC1)C2. The Kier molecular flexibility index (Phi) is 2.88. The molecule has 2 aliphatic heterocycles. The smallest absolute Gasteiger partial charge is 0.0453 e. The molecule has 0 bridgehead atoms. The molecule has 1 unspecified atom stereocenters. The first kappa shape index (κ1) is 10.6. The third-order valence-electron chi connectivity index (χ3n) is 3.68. The van der Waals surface area contributed by atoms with Crippen molar-refractivity contribution in [3.05, 3.63) is 34.3 Å². The number of likely N-dealkylation sites (tertiary alicyclic amines) is 1. The molecule has 0 amide bonds. The van der Waals surface area contributed by atoms with Crippen LogP contribution in [0.3, 0.4) is 0 Å². The van der Waals surface area contributed by atoms with Gasteiger partial charge in [0, 0.05) is 24.2 Å². The standard InChI is InChI=1S/C13H17ClN2/c14-13-4-1-3-10-7-11(15-8-12(10)13)9-16-5-2-6-16/h1,3-4,11,15H,2,5-9H2. The Bertz CT molecular complexity index is 388. The third-order valence-corrected chi connectivity index (χ3v) is 4.03. The Morgan fingerprint density at radius 1 is 1.38 bits per heavy atom. The van der Waals surface area contributed by atoms with Crippen molar-refractivity contribution in [1.29, 1.82) is 0 Å². The van der Waals surface area contributed by atoms with Crippen molar-refractivity contribution in [2.75, 3.05) is 19.6 Å². The molecule has 2 aliphatic rings. The first-order chi connectivity index (χ1) is 7.83. The number of hydrogen-bond donors (Lipinski definition) is 1. The number of nitrogens with zero attached hydrogens (tertiary/aromatic N) is 1. The Morgan fingerprint density at radius 3 is 3.00 bits per heavy atom. The highest BCUT2D eigenvalue weighted by atomic mass is 35.5. The summed E-state index contributed by atoms with van der Waals surface area (Å²) in [7, 11) is 0. The molecule has 1 aromatic carbocycles. The minimum atomic E-state index is 0.603. The van der Waals surface area contributed by atoms with E-state index >= 15 is 0 Å². The number of benzene rings is 1. The molecular weight excluding hydrogens is 220 g/mol. The van der Waals surface area contributed by atoms with Gasteiger partial charge in [-0.1, -0.05) is 23.7 Å². The molecule has 0 spiro atoms. The van der Waals surface area contributed by atoms with Crippen LogP contribution in [0.1, 0.15) is 17.5 Å². The van der Waals surface area contributed by atoms with Gasteiger partial charge < -0.3 is 10.2 Å². The lowest BCUT2D eigenvalue weighted by atomic mass is 9.95. The van der Waals surface area contributed by atoms with Gasteiger partial charge in [0.15, 0.2) is 0 Å². The Hall–Kier alpha value is -0.570.